The van der Waals surface area contributed by atoms with Crippen molar-refractivity contribution in [3.63, 3.8) is 0 Å². The van der Waals surface area contributed by atoms with Gasteiger partial charge >= 0.3 is 5.97 Å². The molecule has 0 saturated heterocycles. The Morgan fingerprint density at radius 1 is 1.53 bits per heavy atom. The molecule has 0 atom stereocenters. The second kappa shape index (κ2) is 5.77. The third-order valence-corrected chi connectivity index (χ3v) is 4.32. The van der Waals surface area contributed by atoms with Gasteiger partial charge < -0.3 is 5.11 Å². The van der Waals surface area contributed by atoms with Crippen molar-refractivity contribution in [2.45, 2.75) is 11.3 Å². The molecule has 0 bridgehead atoms. The largest absolute Gasteiger partial charge is 0.481 e. The van der Waals surface area contributed by atoms with E-state index in [-0.39, 0.29) is 13.0 Å². The lowest BCUT2D eigenvalue weighted by molar-refractivity contribution is -0.137. The van der Waals surface area contributed by atoms with Gasteiger partial charge in [0.15, 0.2) is 0 Å². The van der Waals surface area contributed by atoms with E-state index in [0.717, 1.165) is 16.4 Å². The molecule has 19 heavy (non-hydrogen) atoms. The summed E-state index contributed by atoms with van der Waals surface area (Å²) < 4.78 is 38.3. The van der Waals surface area contributed by atoms with E-state index >= 15 is 0 Å². The van der Waals surface area contributed by atoms with Gasteiger partial charge in [-0.25, -0.2) is 17.1 Å². The molecule has 0 saturated carbocycles. The van der Waals surface area contributed by atoms with Crippen molar-refractivity contribution in [1.29, 1.82) is 5.26 Å². The van der Waals surface area contributed by atoms with Crippen molar-refractivity contribution in [1.82, 2.24) is 4.31 Å². The summed E-state index contributed by atoms with van der Waals surface area (Å²) in [4.78, 5) is 9.94. The van der Waals surface area contributed by atoms with Crippen LogP contribution in [-0.2, 0) is 14.8 Å². The molecule has 102 valence electrons. The summed E-state index contributed by atoms with van der Waals surface area (Å²) in [6, 6.07) is 4.75. The molecule has 0 aliphatic carbocycles. The van der Waals surface area contributed by atoms with E-state index in [4.69, 9.17) is 10.4 Å². The lowest BCUT2D eigenvalue weighted by Gasteiger charge is -2.17. The minimum absolute atomic E-state index is 0.265. The summed E-state index contributed by atoms with van der Waals surface area (Å²) >= 11 is 0. The van der Waals surface area contributed by atoms with E-state index in [1.807, 2.05) is 0 Å². The molecule has 1 rings (SSSR count). The first-order chi connectivity index (χ1) is 8.80. The summed E-state index contributed by atoms with van der Waals surface area (Å²) in [6.45, 7) is -0.265. The number of aliphatic carboxylic acids is 1. The fourth-order valence-corrected chi connectivity index (χ4v) is 2.69. The zero-order valence-corrected chi connectivity index (χ0v) is 10.8. The molecule has 0 amide bonds. The fraction of sp³-hybridized carbons (Fsp3) is 0.273. The Kier molecular flexibility index (Phi) is 4.58. The molecule has 0 spiro atoms. The highest BCUT2D eigenvalue weighted by Crippen LogP contribution is 2.21. The van der Waals surface area contributed by atoms with Gasteiger partial charge in [0.1, 0.15) is 22.3 Å². The van der Waals surface area contributed by atoms with Gasteiger partial charge in [-0.05, 0) is 12.1 Å². The lowest BCUT2D eigenvalue weighted by Crippen LogP contribution is -2.30. The van der Waals surface area contributed by atoms with Crippen LogP contribution in [0.2, 0.25) is 0 Å². The Morgan fingerprint density at radius 2 is 2.16 bits per heavy atom. The number of carboxylic acid groups (broad SMARTS) is 1. The molecular formula is C11H11FN2O4S. The van der Waals surface area contributed by atoms with Crippen LogP contribution in [0.25, 0.3) is 0 Å². The van der Waals surface area contributed by atoms with Crippen LogP contribution in [0.5, 0.6) is 0 Å². The van der Waals surface area contributed by atoms with Gasteiger partial charge in [-0.15, -0.1) is 0 Å². The number of nitriles is 1. The third kappa shape index (κ3) is 3.27. The maximum Gasteiger partial charge on any atom is 0.304 e. The molecule has 1 N–H and O–H groups in total. The minimum atomic E-state index is -4.09. The van der Waals surface area contributed by atoms with Gasteiger partial charge in [0.25, 0.3) is 0 Å². The second-order valence-corrected chi connectivity index (χ2v) is 5.71. The van der Waals surface area contributed by atoms with E-state index in [1.165, 1.54) is 19.2 Å². The molecule has 0 unspecified atom stereocenters. The van der Waals surface area contributed by atoms with Gasteiger partial charge in [-0.2, -0.15) is 5.26 Å². The van der Waals surface area contributed by atoms with Crippen molar-refractivity contribution in [3.8, 4) is 6.07 Å². The quantitative estimate of drug-likeness (QED) is 0.863. The van der Waals surface area contributed by atoms with E-state index in [1.54, 1.807) is 0 Å². The van der Waals surface area contributed by atoms with Crippen molar-refractivity contribution in [2.24, 2.45) is 0 Å². The molecule has 1 aromatic rings. The van der Waals surface area contributed by atoms with Crippen molar-refractivity contribution < 1.29 is 22.7 Å². The van der Waals surface area contributed by atoms with Crippen LogP contribution in [0.4, 0.5) is 4.39 Å². The highest BCUT2D eigenvalue weighted by molar-refractivity contribution is 7.89. The molecule has 0 aliphatic rings. The highest BCUT2D eigenvalue weighted by Gasteiger charge is 2.25. The van der Waals surface area contributed by atoms with Crippen LogP contribution in [0.15, 0.2) is 23.1 Å². The van der Waals surface area contributed by atoms with Gasteiger partial charge in [0.05, 0.1) is 6.42 Å². The topological polar surface area (TPSA) is 98.5 Å². The first-order valence-electron chi connectivity index (χ1n) is 5.17. The van der Waals surface area contributed by atoms with E-state index in [0.29, 0.717) is 0 Å². The molecule has 0 fully saturated rings. The zero-order valence-electron chi connectivity index (χ0n) is 10.00. The number of benzene rings is 1. The van der Waals surface area contributed by atoms with E-state index in [2.05, 4.69) is 0 Å². The summed E-state index contributed by atoms with van der Waals surface area (Å²) in [5.74, 6) is -2.09. The zero-order chi connectivity index (χ0) is 14.6. The van der Waals surface area contributed by atoms with Gasteiger partial charge in [-0.1, -0.05) is 6.07 Å². The predicted molar refractivity (Wildman–Crippen MR) is 63.2 cm³/mol. The average molecular weight is 286 g/mol. The Balaban J connectivity index is 3.18. The Morgan fingerprint density at radius 3 is 2.68 bits per heavy atom. The normalized spacial score (nSPS) is 11.3. The van der Waals surface area contributed by atoms with Crippen molar-refractivity contribution in [3.05, 3.63) is 29.6 Å². The van der Waals surface area contributed by atoms with Crippen LogP contribution in [-0.4, -0.2) is 37.4 Å². The minimum Gasteiger partial charge on any atom is -0.481 e. The molecule has 8 heteroatoms. The van der Waals surface area contributed by atoms with E-state index in [9.17, 15) is 17.6 Å². The number of sulfonamides is 1. The Bertz CT molecular complexity index is 637. The Labute approximate surface area is 109 Å². The van der Waals surface area contributed by atoms with Gasteiger partial charge in [0.2, 0.25) is 10.0 Å². The molecule has 0 radical (unpaired) electrons. The fourth-order valence-electron chi connectivity index (χ4n) is 1.37. The highest BCUT2D eigenvalue weighted by atomic mass is 32.2. The van der Waals surface area contributed by atoms with Crippen LogP contribution < -0.4 is 0 Å². The molecule has 0 heterocycles. The predicted octanol–water partition coefficient (Wildman–Crippen LogP) is 0.793. The van der Waals surface area contributed by atoms with Crippen LogP contribution in [0, 0.1) is 17.1 Å². The molecule has 1 aromatic carbocycles. The SMILES string of the molecule is CN(CCC(=O)O)S(=O)(=O)c1cccc(F)c1C#N. The number of nitrogens with zero attached hydrogens (tertiary/aromatic N) is 2. The summed E-state index contributed by atoms with van der Waals surface area (Å²) in [5, 5.41) is 17.3. The molecule has 6 nitrogen and oxygen atoms in total. The molecular weight excluding hydrogens is 275 g/mol. The van der Waals surface area contributed by atoms with Crippen molar-refractivity contribution in [2.75, 3.05) is 13.6 Å². The van der Waals surface area contributed by atoms with Crippen molar-refractivity contribution >= 4 is 16.0 Å². The summed E-state index contributed by atoms with van der Waals surface area (Å²) in [6.07, 6.45) is -0.382. The van der Waals surface area contributed by atoms with E-state index < -0.39 is 32.3 Å². The molecule has 0 aromatic heterocycles. The smallest absolute Gasteiger partial charge is 0.304 e. The standard InChI is InChI=1S/C11H11FN2O4S/c1-14(6-5-11(15)16)19(17,18)10-4-2-3-9(12)8(10)7-13/h2-4H,5-6H2,1H3,(H,15,16). The summed E-state index contributed by atoms with van der Waals surface area (Å²) in [7, 11) is -2.92. The maximum atomic E-state index is 13.4. The number of hydrogen-bond acceptors (Lipinski definition) is 4. The van der Waals surface area contributed by atoms with Crippen LogP contribution >= 0.6 is 0 Å². The van der Waals surface area contributed by atoms with Gasteiger partial charge in [-0.3, -0.25) is 4.79 Å². The number of carbonyl (C=O) groups is 1. The van der Waals surface area contributed by atoms with Crippen LogP contribution in [0.3, 0.4) is 0 Å². The van der Waals surface area contributed by atoms with Gasteiger partial charge in [0, 0.05) is 13.6 Å². The molecule has 0 aliphatic heterocycles. The first kappa shape index (κ1) is 15.1. The lowest BCUT2D eigenvalue weighted by atomic mass is 10.2. The first-order valence-corrected chi connectivity index (χ1v) is 6.61. The number of hydrogen-bond donors (Lipinski definition) is 1. The third-order valence-electron chi connectivity index (χ3n) is 2.42. The average Bonchev–Trinajstić information content (AvgIpc) is 2.35. The number of halogens is 1. The maximum absolute atomic E-state index is 13.4. The Hall–Kier alpha value is -1.98. The van der Waals surface area contributed by atoms with Crippen LogP contribution in [0.1, 0.15) is 12.0 Å². The monoisotopic (exact) mass is 286 g/mol. The number of rotatable bonds is 5. The number of carboxylic acids is 1. The summed E-state index contributed by atoms with van der Waals surface area (Å²) in [5.41, 5.74) is -0.579. The second-order valence-electron chi connectivity index (χ2n) is 3.70.